The Morgan fingerprint density at radius 2 is 2.28 bits per heavy atom. The molecule has 0 aliphatic rings. The number of nitrogens with zero attached hydrogens (tertiary/aromatic N) is 3. The third kappa shape index (κ3) is 2.34. The summed E-state index contributed by atoms with van der Waals surface area (Å²) in [6, 6.07) is 7.59. The van der Waals surface area contributed by atoms with Gasteiger partial charge in [0, 0.05) is 12.1 Å². The average Bonchev–Trinajstić information content (AvgIpc) is 2.82. The summed E-state index contributed by atoms with van der Waals surface area (Å²) in [6.07, 6.45) is 0. The highest BCUT2D eigenvalue weighted by atomic mass is 16.5. The maximum Gasteiger partial charge on any atom is 0.119 e. The zero-order valence-corrected chi connectivity index (χ0v) is 10.2. The third-order valence-electron chi connectivity index (χ3n) is 2.65. The number of benzene rings is 1. The van der Waals surface area contributed by atoms with Gasteiger partial charge in [-0.2, -0.15) is 0 Å². The summed E-state index contributed by atoms with van der Waals surface area (Å²) in [5.41, 5.74) is 8.11. The van der Waals surface area contributed by atoms with Gasteiger partial charge in [0.1, 0.15) is 11.4 Å². The van der Waals surface area contributed by atoms with Crippen LogP contribution < -0.4 is 10.5 Å². The molecule has 0 aliphatic carbocycles. The highest BCUT2D eigenvalue weighted by molar-refractivity contribution is 5.63. The van der Waals surface area contributed by atoms with Crippen LogP contribution in [0.1, 0.15) is 5.69 Å². The number of hydrogen-bond acceptors (Lipinski definition) is 5. The van der Waals surface area contributed by atoms with Crippen molar-refractivity contribution < 1.29 is 9.84 Å². The molecule has 2 rings (SSSR count). The molecule has 6 heteroatoms. The van der Waals surface area contributed by atoms with Gasteiger partial charge in [-0.1, -0.05) is 17.3 Å². The van der Waals surface area contributed by atoms with E-state index in [2.05, 4.69) is 10.3 Å². The molecule has 1 heterocycles. The molecular weight excluding hydrogens is 232 g/mol. The van der Waals surface area contributed by atoms with E-state index in [0.29, 0.717) is 18.8 Å². The number of aliphatic hydroxyl groups excluding tert-OH is 1. The molecule has 0 saturated heterocycles. The predicted molar refractivity (Wildman–Crippen MR) is 67.0 cm³/mol. The van der Waals surface area contributed by atoms with E-state index in [4.69, 9.17) is 15.6 Å². The molecule has 0 saturated carbocycles. The smallest absolute Gasteiger partial charge is 0.119 e. The van der Waals surface area contributed by atoms with Crippen LogP contribution in [0.25, 0.3) is 11.3 Å². The van der Waals surface area contributed by atoms with Crippen molar-refractivity contribution in [1.29, 1.82) is 0 Å². The molecule has 0 unspecified atom stereocenters. The van der Waals surface area contributed by atoms with E-state index in [0.717, 1.165) is 17.0 Å². The molecule has 0 amide bonds. The largest absolute Gasteiger partial charge is 0.497 e. The Labute approximate surface area is 105 Å². The lowest BCUT2D eigenvalue weighted by Gasteiger charge is -2.08. The molecule has 18 heavy (non-hydrogen) atoms. The minimum atomic E-state index is 0.00431. The Balaban J connectivity index is 2.49. The number of rotatable bonds is 5. The van der Waals surface area contributed by atoms with Gasteiger partial charge in [-0.3, -0.25) is 0 Å². The predicted octanol–water partition coefficient (Wildman–Crippen LogP) is 0.405. The molecule has 0 radical (unpaired) electrons. The zero-order chi connectivity index (χ0) is 13.0. The van der Waals surface area contributed by atoms with Crippen LogP contribution in [-0.4, -0.2) is 33.8 Å². The maximum atomic E-state index is 9.03. The van der Waals surface area contributed by atoms with Gasteiger partial charge in [-0.05, 0) is 12.1 Å². The van der Waals surface area contributed by atoms with Gasteiger partial charge in [0.15, 0.2) is 0 Å². The zero-order valence-electron chi connectivity index (χ0n) is 10.2. The number of aromatic nitrogens is 3. The number of ether oxygens (including phenoxy) is 1. The third-order valence-corrected chi connectivity index (χ3v) is 2.65. The molecule has 0 spiro atoms. The molecule has 0 aliphatic heterocycles. The van der Waals surface area contributed by atoms with Crippen molar-refractivity contribution in [1.82, 2.24) is 15.0 Å². The lowest BCUT2D eigenvalue weighted by atomic mass is 10.1. The fourth-order valence-electron chi connectivity index (χ4n) is 1.82. The van der Waals surface area contributed by atoms with Crippen LogP contribution in [0.4, 0.5) is 0 Å². The van der Waals surface area contributed by atoms with Gasteiger partial charge in [-0.25, -0.2) is 4.68 Å². The van der Waals surface area contributed by atoms with Crippen molar-refractivity contribution in [2.45, 2.75) is 13.1 Å². The van der Waals surface area contributed by atoms with Gasteiger partial charge in [0.05, 0.1) is 26.0 Å². The molecule has 3 N–H and O–H groups in total. The van der Waals surface area contributed by atoms with Crippen molar-refractivity contribution in [2.75, 3.05) is 13.7 Å². The van der Waals surface area contributed by atoms with Crippen LogP contribution >= 0.6 is 0 Å². The Kier molecular flexibility index (Phi) is 3.91. The summed E-state index contributed by atoms with van der Waals surface area (Å²) in [4.78, 5) is 0. The highest BCUT2D eigenvalue weighted by Gasteiger charge is 2.13. The second-order valence-electron chi connectivity index (χ2n) is 3.77. The Bertz CT molecular complexity index is 525. The topological polar surface area (TPSA) is 86.2 Å². The maximum absolute atomic E-state index is 9.03. The van der Waals surface area contributed by atoms with Gasteiger partial charge in [-0.15, -0.1) is 5.10 Å². The van der Waals surface area contributed by atoms with Crippen LogP contribution in [0.2, 0.25) is 0 Å². The summed E-state index contributed by atoms with van der Waals surface area (Å²) in [7, 11) is 1.62. The second kappa shape index (κ2) is 5.61. The van der Waals surface area contributed by atoms with Crippen molar-refractivity contribution in [2.24, 2.45) is 5.73 Å². The summed E-state index contributed by atoms with van der Waals surface area (Å²) in [6.45, 7) is 0.696. The molecule has 0 fully saturated rings. The van der Waals surface area contributed by atoms with Crippen molar-refractivity contribution >= 4 is 0 Å². The van der Waals surface area contributed by atoms with Crippen molar-refractivity contribution in [3.05, 3.63) is 30.0 Å². The molecule has 1 aromatic heterocycles. The Morgan fingerprint density at radius 1 is 1.44 bits per heavy atom. The van der Waals surface area contributed by atoms with E-state index in [1.807, 2.05) is 24.3 Å². The average molecular weight is 248 g/mol. The van der Waals surface area contributed by atoms with E-state index in [-0.39, 0.29) is 6.61 Å². The molecule has 0 atom stereocenters. The van der Waals surface area contributed by atoms with Gasteiger partial charge >= 0.3 is 0 Å². The number of hydrogen-bond donors (Lipinski definition) is 2. The van der Waals surface area contributed by atoms with Gasteiger partial charge < -0.3 is 15.6 Å². The van der Waals surface area contributed by atoms with E-state index in [9.17, 15) is 0 Å². The number of aliphatic hydroxyl groups is 1. The number of nitrogens with two attached hydrogens (primary N) is 1. The summed E-state index contributed by atoms with van der Waals surface area (Å²) >= 11 is 0. The van der Waals surface area contributed by atoms with Crippen molar-refractivity contribution in [3.63, 3.8) is 0 Å². The first-order valence-electron chi connectivity index (χ1n) is 5.68. The number of methoxy groups -OCH3 is 1. The normalized spacial score (nSPS) is 10.6. The minimum Gasteiger partial charge on any atom is -0.497 e. The van der Waals surface area contributed by atoms with E-state index in [1.165, 1.54) is 0 Å². The fourth-order valence-corrected chi connectivity index (χ4v) is 1.82. The highest BCUT2D eigenvalue weighted by Crippen LogP contribution is 2.25. The van der Waals surface area contributed by atoms with E-state index >= 15 is 0 Å². The molecule has 1 aromatic carbocycles. The first-order valence-corrected chi connectivity index (χ1v) is 5.68. The quantitative estimate of drug-likeness (QED) is 0.800. The van der Waals surface area contributed by atoms with Crippen LogP contribution in [0, 0.1) is 0 Å². The SMILES string of the molecule is COc1cccc(-c2c(CN)nnn2CCO)c1. The summed E-state index contributed by atoms with van der Waals surface area (Å²) in [5.74, 6) is 0.757. The Hall–Kier alpha value is -1.92. The van der Waals surface area contributed by atoms with Gasteiger partial charge in [0.25, 0.3) is 0 Å². The first kappa shape index (κ1) is 12.5. The summed E-state index contributed by atoms with van der Waals surface area (Å²) in [5, 5.41) is 17.0. The molecule has 6 nitrogen and oxygen atoms in total. The minimum absolute atomic E-state index is 0.00431. The van der Waals surface area contributed by atoms with E-state index in [1.54, 1.807) is 11.8 Å². The molecular formula is C12H16N4O2. The molecule has 2 aromatic rings. The fraction of sp³-hybridized carbons (Fsp3) is 0.333. The lowest BCUT2D eigenvalue weighted by molar-refractivity contribution is 0.269. The monoisotopic (exact) mass is 248 g/mol. The summed E-state index contributed by atoms with van der Waals surface area (Å²) < 4.78 is 6.85. The van der Waals surface area contributed by atoms with E-state index < -0.39 is 0 Å². The van der Waals surface area contributed by atoms with Crippen LogP contribution in [0.15, 0.2) is 24.3 Å². The van der Waals surface area contributed by atoms with Crippen LogP contribution in [0.5, 0.6) is 5.75 Å². The molecule has 96 valence electrons. The van der Waals surface area contributed by atoms with Crippen LogP contribution in [-0.2, 0) is 13.1 Å². The Morgan fingerprint density at radius 3 is 2.94 bits per heavy atom. The second-order valence-corrected chi connectivity index (χ2v) is 3.77. The standard InChI is InChI=1S/C12H16N4O2/c1-18-10-4-2-3-9(7-10)12-11(8-13)14-15-16(12)5-6-17/h2-4,7,17H,5-6,8,13H2,1H3. The van der Waals surface area contributed by atoms with Crippen molar-refractivity contribution in [3.8, 4) is 17.0 Å². The van der Waals surface area contributed by atoms with Gasteiger partial charge in [0.2, 0.25) is 0 Å². The molecule has 0 bridgehead atoms. The lowest BCUT2D eigenvalue weighted by Crippen LogP contribution is -2.07. The first-order chi connectivity index (χ1) is 8.80. The van der Waals surface area contributed by atoms with Crippen LogP contribution in [0.3, 0.4) is 0 Å².